The van der Waals surface area contributed by atoms with E-state index < -0.39 is 0 Å². The molecule has 1 aromatic heterocycles. The van der Waals surface area contributed by atoms with Crippen LogP contribution in [0.5, 0.6) is 5.75 Å². The molecule has 1 aliphatic rings. The first-order valence-corrected chi connectivity index (χ1v) is 7.22. The third-order valence-corrected chi connectivity index (χ3v) is 3.76. The predicted octanol–water partition coefficient (Wildman–Crippen LogP) is 2.03. The lowest BCUT2D eigenvalue weighted by Gasteiger charge is -2.38. The highest BCUT2D eigenvalue weighted by Gasteiger charge is 2.34. The molecule has 3 rings (SSSR count). The van der Waals surface area contributed by atoms with Crippen molar-refractivity contribution in [3.63, 3.8) is 0 Å². The zero-order valence-corrected chi connectivity index (χ0v) is 13.0. The van der Waals surface area contributed by atoms with Gasteiger partial charge in [0.25, 0.3) is 5.91 Å². The number of benzene rings is 1. The molecule has 2 heterocycles. The van der Waals surface area contributed by atoms with Crippen LogP contribution in [-0.4, -0.2) is 21.3 Å². The quantitative estimate of drug-likeness (QED) is 0.831. The van der Waals surface area contributed by atoms with Crippen molar-refractivity contribution in [3.8, 4) is 5.75 Å². The SMILES string of the molecule is Cn1cc(C(=O)NC2CC(C)(C)Oc3ccc(N)cc32)cn1. The summed E-state index contributed by atoms with van der Waals surface area (Å²) in [6, 6.07) is 5.38. The maximum atomic E-state index is 12.4. The minimum absolute atomic E-state index is 0.144. The zero-order chi connectivity index (χ0) is 15.9. The van der Waals surface area contributed by atoms with Crippen LogP contribution in [0.25, 0.3) is 0 Å². The molecule has 0 saturated carbocycles. The summed E-state index contributed by atoms with van der Waals surface area (Å²) in [5, 5.41) is 7.09. The maximum absolute atomic E-state index is 12.4. The number of nitrogens with one attached hydrogen (secondary N) is 1. The van der Waals surface area contributed by atoms with Crippen LogP contribution in [0.1, 0.15) is 42.2 Å². The van der Waals surface area contributed by atoms with Crippen molar-refractivity contribution in [3.05, 3.63) is 41.7 Å². The zero-order valence-electron chi connectivity index (χ0n) is 13.0. The highest BCUT2D eigenvalue weighted by molar-refractivity contribution is 5.94. The van der Waals surface area contributed by atoms with E-state index in [0.29, 0.717) is 17.7 Å². The topological polar surface area (TPSA) is 82.2 Å². The Kier molecular flexibility index (Phi) is 3.31. The highest BCUT2D eigenvalue weighted by Crippen LogP contribution is 2.40. The Hall–Kier alpha value is -2.50. The van der Waals surface area contributed by atoms with Crippen LogP contribution >= 0.6 is 0 Å². The molecule has 0 spiro atoms. The van der Waals surface area contributed by atoms with E-state index in [1.54, 1.807) is 30.2 Å². The first kappa shape index (κ1) is 14.4. The second-order valence-electron chi connectivity index (χ2n) is 6.29. The Balaban J connectivity index is 1.90. The fourth-order valence-electron chi connectivity index (χ4n) is 2.78. The van der Waals surface area contributed by atoms with Crippen LogP contribution in [0.4, 0.5) is 5.69 Å². The van der Waals surface area contributed by atoms with Gasteiger partial charge in [-0.1, -0.05) is 0 Å². The van der Waals surface area contributed by atoms with Gasteiger partial charge >= 0.3 is 0 Å². The first-order valence-electron chi connectivity index (χ1n) is 7.22. The Morgan fingerprint density at radius 3 is 2.95 bits per heavy atom. The fourth-order valence-corrected chi connectivity index (χ4v) is 2.78. The summed E-state index contributed by atoms with van der Waals surface area (Å²) >= 11 is 0. The molecule has 0 saturated heterocycles. The van der Waals surface area contributed by atoms with E-state index in [1.165, 1.54) is 0 Å². The lowest BCUT2D eigenvalue weighted by molar-refractivity contribution is 0.0620. The minimum Gasteiger partial charge on any atom is -0.487 e. The van der Waals surface area contributed by atoms with Gasteiger partial charge in [-0.05, 0) is 32.0 Å². The Morgan fingerprint density at radius 1 is 1.50 bits per heavy atom. The number of hydrogen-bond donors (Lipinski definition) is 2. The predicted molar refractivity (Wildman–Crippen MR) is 83.6 cm³/mol. The number of ether oxygens (including phenoxy) is 1. The number of anilines is 1. The molecule has 1 aliphatic heterocycles. The highest BCUT2D eigenvalue weighted by atomic mass is 16.5. The average Bonchev–Trinajstić information content (AvgIpc) is 2.85. The van der Waals surface area contributed by atoms with Crippen molar-refractivity contribution in [2.45, 2.75) is 31.9 Å². The number of aryl methyl sites for hydroxylation is 1. The van der Waals surface area contributed by atoms with E-state index in [2.05, 4.69) is 10.4 Å². The number of amides is 1. The summed E-state index contributed by atoms with van der Waals surface area (Å²) in [6.45, 7) is 4.02. The molecule has 1 atom stereocenters. The van der Waals surface area contributed by atoms with Crippen molar-refractivity contribution >= 4 is 11.6 Å². The number of nitrogens with zero attached hydrogens (tertiary/aromatic N) is 2. The maximum Gasteiger partial charge on any atom is 0.254 e. The molecular weight excluding hydrogens is 280 g/mol. The van der Waals surface area contributed by atoms with Gasteiger partial charge < -0.3 is 15.8 Å². The molecule has 1 aromatic carbocycles. The number of nitrogen functional groups attached to an aromatic ring is 1. The first-order chi connectivity index (χ1) is 10.3. The van der Waals surface area contributed by atoms with Gasteiger partial charge in [-0.15, -0.1) is 0 Å². The summed E-state index contributed by atoms with van der Waals surface area (Å²) in [5.74, 6) is 0.617. The van der Waals surface area contributed by atoms with E-state index in [0.717, 1.165) is 11.3 Å². The fraction of sp³-hybridized carbons (Fsp3) is 0.375. The van der Waals surface area contributed by atoms with Crippen LogP contribution in [0, 0.1) is 0 Å². The molecule has 1 unspecified atom stereocenters. The van der Waals surface area contributed by atoms with Gasteiger partial charge in [-0.3, -0.25) is 9.48 Å². The normalized spacial score (nSPS) is 19.1. The lowest BCUT2D eigenvalue weighted by atomic mass is 9.89. The second kappa shape index (κ2) is 5.05. The molecule has 0 aliphatic carbocycles. The number of carbonyl (C=O) groups is 1. The number of rotatable bonds is 2. The Labute approximate surface area is 129 Å². The summed E-state index contributed by atoms with van der Waals surface area (Å²) in [5.41, 5.74) is 7.63. The van der Waals surface area contributed by atoms with Crippen LogP contribution in [-0.2, 0) is 7.05 Å². The standard InChI is InChI=1S/C16H20N4O2/c1-16(2)7-13(12-6-11(17)4-5-14(12)22-16)19-15(21)10-8-18-20(3)9-10/h4-6,8-9,13H,7,17H2,1-3H3,(H,19,21). The molecule has 3 N–H and O–H groups in total. The van der Waals surface area contributed by atoms with E-state index in [1.807, 2.05) is 26.0 Å². The monoisotopic (exact) mass is 300 g/mol. The van der Waals surface area contributed by atoms with Gasteiger partial charge in [0.1, 0.15) is 11.4 Å². The third kappa shape index (κ3) is 2.77. The Morgan fingerprint density at radius 2 is 2.27 bits per heavy atom. The van der Waals surface area contributed by atoms with E-state index in [4.69, 9.17) is 10.5 Å². The average molecular weight is 300 g/mol. The van der Waals surface area contributed by atoms with Gasteiger partial charge in [0.2, 0.25) is 0 Å². The van der Waals surface area contributed by atoms with Gasteiger partial charge in [0.05, 0.1) is 17.8 Å². The van der Waals surface area contributed by atoms with Crippen molar-refractivity contribution in [2.75, 3.05) is 5.73 Å². The second-order valence-corrected chi connectivity index (χ2v) is 6.29. The van der Waals surface area contributed by atoms with Crippen molar-refractivity contribution in [2.24, 2.45) is 7.05 Å². The molecule has 0 radical (unpaired) electrons. The van der Waals surface area contributed by atoms with Crippen molar-refractivity contribution in [1.29, 1.82) is 0 Å². The van der Waals surface area contributed by atoms with E-state index in [9.17, 15) is 4.79 Å². The number of carbonyl (C=O) groups excluding carboxylic acids is 1. The summed E-state index contributed by atoms with van der Waals surface area (Å²) < 4.78 is 7.58. The lowest BCUT2D eigenvalue weighted by Crippen LogP contribution is -2.41. The van der Waals surface area contributed by atoms with Crippen molar-refractivity contribution < 1.29 is 9.53 Å². The van der Waals surface area contributed by atoms with E-state index >= 15 is 0 Å². The summed E-state index contributed by atoms with van der Waals surface area (Å²) in [6.07, 6.45) is 3.93. The van der Waals surface area contributed by atoms with Gasteiger partial charge in [0, 0.05) is 30.9 Å². The van der Waals surface area contributed by atoms with Gasteiger partial charge in [-0.2, -0.15) is 5.10 Å². The van der Waals surface area contributed by atoms with Crippen LogP contribution in [0.2, 0.25) is 0 Å². The number of fused-ring (bicyclic) bond motifs is 1. The number of hydrogen-bond acceptors (Lipinski definition) is 4. The molecule has 22 heavy (non-hydrogen) atoms. The van der Waals surface area contributed by atoms with Crippen molar-refractivity contribution in [1.82, 2.24) is 15.1 Å². The third-order valence-electron chi connectivity index (χ3n) is 3.76. The molecule has 1 amide bonds. The smallest absolute Gasteiger partial charge is 0.254 e. The molecule has 0 bridgehead atoms. The molecule has 116 valence electrons. The Bertz CT molecular complexity index is 721. The molecule has 6 heteroatoms. The molecule has 2 aromatic rings. The number of aromatic nitrogens is 2. The van der Waals surface area contributed by atoms with Crippen LogP contribution in [0.3, 0.4) is 0 Å². The minimum atomic E-state index is -0.351. The van der Waals surface area contributed by atoms with Gasteiger partial charge in [-0.25, -0.2) is 0 Å². The summed E-state index contributed by atoms with van der Waals surface area (Å²) in [4.78, 5) is 12.4. The number of nitrogens with two attached hydrogens (primary N) is 1. The van der Waals surface area contributed by atoms with Crippen LogP contribution in [0.15, 0.2) is 30.6 Å². The largest absolute Gasteiger partial charge is 0.487 e. The summed E-state index contributed by atoms with van der Waals surface area (Å²) in [7, 11) is 1.78. The molecular formula is C16H20N4O2. The van der Waals surface area contributed by atoms with E-state index in [-0.39, 0.29) is 17.6 Å². The van der Waals surface area contributed by atoms with Gasteiger partial charge in [0.15, 0.2) is 0 Å². The van der Waals surface area contributed by atoms with Crippen LogP contribution < -0.4 is 15.8 Å². The molecule has 0 fully saturated rings. The molecule has 6 nitrogen and oxygen atoms in total.